The van der Waals surface area contributed by atoms with Gasteiger partial charge in [0.15, 0.2) is 5.82 Å². The number of nitriles is 1. The van der Waals surface area contributed by atoms with Gasteiger partial charge >= 0.3 is 0 Å². The maximum atomic E-state index is 14.8. The van der Waals surface area contributed by atoms with Crippen LogP contribution >= 0.6 is 7.44 Å². The van der Waals surface area contributed by atoms with Crippen molar-refractivity contribution in [1.82, 2.24) is 14.5 Å². The number of rotatable bonds is 7. The van der Waals surface area contributed by atoms with Gasteiger partial charge in [0.05, 0.1) is 48.0 Å². The Hall–Kier alpha value is -4.23. The molecule has 180 valence electrons. The van der Waals surface area contributed by atoms with Crippen molar-refractivity contribution in [3.05, 3.63) is 69.7 Å². The van der Waals surface area contributed by atoms with Gasteiger partial charge < -0.3 is 9.82 Å². The standard InChI is InChI=1S/C22H21FN7O4P/c1-14-20-22(29(26-14)12-6-11-24)25-21(16-7-4-5-8-17(16)23)28(2)35(20,33)27-18-13-15(30(31)32)9-10-19(18)34-3/h4-5,7-10,13H,6,12H2,1-3H3,(H,27,33)/t35-/m1/s1. The van der Waals surface area contributed by atoms with Gasteiger partial charge in [-0.15, -0.1) is 0 Å². The molecule has 0 fully saturated rings. The third kappa shape index (κ3) is 4.11. The van der Waals surface area contributed by atoms with Crippen LogP contribution in [0.15, 0.2) is 47.5 Å². The van der Waals surface area contributed by atoms with E-state index in [1.807, 2.05) is 6.07 Å². The summed E-state index contributed by atoms with van der Waals surface area (Å²) in [5.41, 5.74) is 0.381. The SMILES string of the molecule is COc1ccc([N+](=O)[O-])cc1N[P@]1(=O)c2c(C)nn(CCC#N)c2N=C(c2ccccc2F)N1C. The van der Waals surface area contributed by atoms with E-state index in [1.54, 1.807) is 13.0 Å². The fraction of sp³-hybridized carbons (Fsp3) is 0.227. The van der Waals surface area contributed by atoms with Crippen LogP contribution in [0, 0.1) is 34.2 Å². The lowest BCUT2D eigenvalue weighted by Gasteiger charge is -2.35. The molecule has 0 spiro atoms. The van der Waals surface area contributed by atoms with Crippen molar-refractivity contribution in [1.29, 1.82) is 5.26 Å². The van der Waals surface area contributed by atoms with Gasteiger partial charge in [-0.25, -0.2) is 14.1 Å². The number of benzene rings is 2. The average Bonchev–Trinajstić information content (AvgIpc) is 3.16. The summed E-state index contributed by atoms with van der Waals surface area (Å²) in [5, 5.41) is 28.0. The number of anilines is 1. The lowest BCUT2D eigenvalue weighted by atomic mass is 10.2. The van der Waals surface area contributed by atoms with Crippen LogP contribution in [0.3, 0.4) is 0 Å². The highest BCUT2D eigenvalue weighted by Gasteiger charge is 2.44. The van der Waals surface area contributed by atoms with E-state index >= 15 is 0 Å². The van der Waals surface area contributed by atoms with Crippen molar-refractivity contribution < 1.29 is 18.6 Å². The second kappa shape index (κ2) is 9.19. The lowest BCUT2D eigenvalue weighted by Crippen LogP contribution is -2.37. The molecule has 1 aliphatic rings. The van der Waals surface area contributed by atoms with Gasteiger partial charge in [0, 0.05) is 19.2 Å². The van der Waals surface area contributed by atoms with E-state index in [-0.39, 0.29) is 52.6 Å². The minimum absolute atomic E-state index is 0.0777. The molecule has 0 amide bonds. The molecule has 0 saturated heterocycles. The summed E-state index contributed by atoms with van der Waals surface area (Å²) < 4.78 is 37.7. The number of amidine groups is 1. The van der Waals surface area contributed by atoms with Crippen LogP contribution < -0.4 is 15.1 Å². The van der Waals surface area contributed by atoms with Gasteiger partial charge in [-0.1, -0.05) is 12.1 Å². The zero-order valence-electron chi connectivity index (χ0n) is 19.1. The number of fused-ring (bicyclic) bond motifs is 1. The summed E-state index contributed by atoms with van der Waals surface area (Å²) in [6, 6.07) is 11.9. The molecule has 0 radical (unpaired) electrons. The van der Waals surface area contributed by atoms with Crippen molar-refractivity contribution >= 4 is 35.8 Å². The molecule has 0 bridgehead atoms. The Labute approximate surface area is 200 Å². The van der Waals surface area contributed by atoms with Gasteiger partial charge in [0.25, 0.3) is 13.1 Å². The van der Waals surface area contributed by atoms with Gasteiger partial charge in [-0.2, -0.15) is 10.4 Å². The lowest BCUT2D eigenvalue weighted by molar-refractivity contribution is -0.384. The van der Waals surface area contributed by atoms with E-state index in [9.17, 15) is 19.1 Å². The number of nitrogens with one attached hydrogen (secondary N) is 1. The quantitative estimate of drug-likeness (QED) is 0.292. The van der Waals surface area contributed by atoms with E-state index in [2.05, 4.69) is 15.2 Å². The van der Waals surface area contributed by atoms with Crippen LogP contribution in [0.2, 0.25) is 0 Å². The van der Waals surface area contributed by atoms with E-state index < -0.39 is 18.2 Å². The zero-order valence-corrected chi connectivity index (χ0v) is 20.0. The number of aromatic nitrogens is 2. The average molecular weight is 497 g/mol. The Morgan fingerprint density at radius 1 is 1.31 bits per heavy atom. The minimum Gasteiger partial charge on any atom is -0.495 e. The molecule has 1 aliphatic heterocycles. The van der Waals surface area contributed by atoms with E-state index in [4.69, 9.17) is 10.00 Å². The Morgan fingerprint density at radius 2 is 2.06 bits per heavy atom. The summed E-state index contributed by atoms with van der Waals surface area (Å²) >= 11 is 0. The van der Waals surface area contributed by atoms with Crippen LogP contribution in [0.5, 0.6) is 5.75 Å². The summed E-state index contributed by atoms with van der Waals surface area (Å²) in [4.78, 5) is 15.4. The Morgan fingerprint density at radius 3 is 2.71 bits per heavy atom. The number of ether oxygens (including phenoxy) is 1. The molecule has 11 nitrogen and oxygen atoms in total. The molecule has 35 heavy (non-hydrogen) atoms. The van der Waals surface area contributed by atoms with Crippen LogP contribution in [-0.2, 0) is 11.1 Å². The van der Waals surface area contributed by atoms with Gasteiger partial charge in [0.1, 0.15) is 22.7 Å². The molecule has 13 heteroatoms. The van der Waals surface area contributed by atoms with Crippen LogP contribution in [-0.4, -0.2) is 39.4 Å². The van der Waals surface area contributed by atoms with Crippen LogP contribution in [0.1, 0.15) is 17.7 Å². The first kappa shape index (κ1) is 23.9. The molecular formula is C22H21FN7O4P. The number of halogens is 1. The normalized spacial score (nSPS) is 16.8. The molecule has 3 aromatic rings. The number of nitrogens with zero attached hydrogens (tertiary/aromatic N) is 6. The number of non-ortho nitro benzene ring substituents is 1. The fourth-order valence-electron chi connectivity index (χ4n) is 3.86. The Kier molecular flexibility index (Phi) is 6.28. The van der Waals surface area contributed by atoms with Crippen molar-refractivity contribution in [2.45, 2.75) is 19.9 Å². The molecule has 1 atom stereocenters. The second-order valence-corrected chi connectivity index (χ2v) is 10.1. The summed E-state index contributed by atoms with van der Waals surface area (Å²) in [5.74, 6) is -0.0469. The highest BCUT2D eigenvalue weighted by Crippen LogP contribution is 2.55. The maximum absolute atomic E-state index is 14.8. The van der Waals surface area contributed by atoms with Crippen molar-refractivity contribution in [2.75, 3.05) is 19.2 Å². The fourth-order valence-corrected chi connectivity index (χ4v) is 6.26. The molecule has 1 aromatic heterocycles. The number of aliphatic imine (C=N–C) groups is 1. The first-order valence-corrected chi connectivity index (χ1v) is 12.1. The van der Waals surface area contributed by atoms with Gasteiger partial charge in [0.2, 0.25) is 0 Å². The van der Waals surface area contributed by atoms with Crippen molar-refractivity contribution in [2.24, 2.45) is 4.99 Å². The van der Waals surface area contributed by atoms with Gasteiger partial charge in [-0.05, 0) is 25.1 Å². The van der Waals surface area contributed by atoms with Gasteiger partial charge in [-0.3, -0.25) is 19.3 Å². The minimum atomic E-state index is -3.88. The predicted octanol–water partition coefficient (Wildman–Crippen LogP) is 4.12. The predicted molar refractivity (Wildman–Crippen MR) is 128 cm³/mol. The molecule has 0 aliphatic carbocycles. The molecule has 4 rings (SSSR count). The molecule has 1 N–H and O–H groups in total. The molecular weight excluding hydrogens is 476 g/mol. The molecule has 0 saturated carbocycles. The third-order valence-corrected chi connectivity index (χ3v) is 8.24. The monoisotopic (exact) mass is 497 g/mol. The van der Waals surface area contributed by atoms with E-state index in [0.717, 1.165) is 0 Å². The number of hydrogen-bond acceptors (Lipinski definition) is 7. The second-order valence-electron chi connectivity index (χ2n) is 7.66. The van der Waals surface area contributed by atoms with E-state index in [1.165, 1.54) is 59.9 Å². The first-order valence-electron chi connectivity index (χ1n) is 10.4. The summed E-state index contributed by atoms with van der Waals surface area (Å²) in [6.07, 6.45) is 0.129. The summed E-state index contributed by atoms with van der Waals surface area (Å²) in [6.45, 7) is 1.84. The van der Waals surface area contributed by atoms with Crippen molar-refractivity contribution in [3.63, 3.8) is 0 Å². The van der Waals surface area contributed by atoms with Crippen molar-refractivity contribution in [3.8, 4) is 11.8 Å². The number of nitro groups is 1. The third-order valence-electron chi connectivity index (χ3n) is 5.53. The number of methoxy groups -OCH3 is 1. The smallest absolute Gasteiger partial charge is 0.296 e. The molecule has 2 heterocycles. The number of hydrogen-bond donors (Lipinski definition) is 1. The zero-order chi connectivity index (χ0) is 25.3. The number of aryl methyl sites for hydroxylation is 2. The Bertz CT molecular complexity index is 1450. The topological polar surface area (TPSA) is 139 Å². The van der Waals surface area contributed by atoms with Crippen LogP contribution in [0.25, 0.3) is 0 Å². The highest BCUT2D eigenvalue weighted by molar-refractivity contribution is 7.72. The van der Waals surface area contributed by atoms with Crippen LogP contribution in [0.4, 0.5) is 21.6 Å². The summed E-state index contributed by atoms with van der Waals surface area (Å²) in [7, 11) is -0.997. The molecule has 0 unspecified atom stereocenters. The number of nitro benzene ring substituents is 1. The first-order chi connectivity index (χ1) is 16.7. The van der Waals surface area contributed by atoms with E-state index in [0.29, 0.717) is 5.69 Å². The largest absolute Gasteiger partial charge is 0.495 e. The highest BCUT2D eigenvalue weighted by atomic mass is 31.2. The Balaban J connectivity index is 1.95. The molecule has 2 aromatic carbocycles. The maximum Gasteiger partial charge on any atom is 0.296 e.